The van der Waals surface area contributed by atoms with Crippen LogP contribution >= 0.6 is 0 Å². The number of benzene rings is 2. The van der Waals surface area contributed by atoms with Crippen LogP contribution < -0.4 is 15.0 Å². The van der Waals surface area contributed by atoms with E-state index in [4.69, 9.17) is 9.47 Å². The number of fused-ring (bicyclic) bond motifs is 1. The summed E-state index contributed by atoms with van der Waals surface area (Å²) in [5, 5.41) is 12.0. The second kappa shape index (κ2) is 11.1. The fourth-order valence-corrected chi connectivity index (χ4v) is 7.66. The highest BCUT2D eigenvalue weighted by Gasteiger charge is 2.51. The van der Waals surface area contributed by atoms with E-state index in [9.17, 15) is 18.0 Å². The first-order valence-corrected chi connectivity index (χ1v) is 16.0. The summed E-state index contributed by atoms with van der Waals surface area (Å²) in [6.45, 7) is 2.19. The molecule has 1 aliphatic heterocycles. The van der Waals surface area contributed by atoms with Crippen molar-refractivity contribution in [1.29, 1.82) is 0 Å². The van der Waals surface area contributed by atoms with Gasteiger partial charge in [0.05, 0.1) is 29.7 Å². The fraction of sp³-hybridized carbons (Fsp3) is 0.559. The van der Waals surface area contributed by atoms with Gasteiger partial charge in [-0.25, -0.2) is 0 Å². The van der Waals surface area contributed by atoms with Crippen LogP contribution in [0.1, 0.15) is 103 Å². The second-order valence-electron chi connectivity index (χ2n) is 13.7. The molecule has 0 atom stereocenters. The summed E-state index contributed by atoms with van der Waals surface area (Å²) in [5.74, 6) is 0.940. The van der Waals surface area contributed by atoms with E-state index in [2.05, 4.69) is 22.4 Å². The van der Waals surface area contributed by atoms with Gasteiger partial charge in [0.2, 0.25) is 0 Å². The Hall–Kier alpha value is -3.44. The first-order valence-electron chi connectivity index (χ1n) is 16.0. The third-order valence-electron chi connectivity index (χ3n) is 10.6. The van der Waals surface area contributed by atoms with Gasteiger partial charge in [-0.2, -0.15) is 13.2 Å². The van der Waals surface area contributed by atoms with Crippen LogP contribution in [0.2, 0.25) is 0 Å². The SMILES string of the molecule is COC1CC(c2cc(OC3CCCC3)cc(N3Cc4c(cc(CNC5(C)CCC5)cc4C(F)(F)F)C3=O)c2)(c2nncn2C)C1. The number of nitrogens with zero attached hydrogens (tertiary/aromatic N) is 4. The maximum Gasteiger partial charge on any atom is 0.416 e. The lowest BCUT2D eigenvalue weighted by Crippen LogP contribution is -2.48. The van der Waals surface area contributed by atoms with Crippen molar-refractivity contribution in [3.8, 4) is 5.75 Å². The number of amides is 1. The molecule has 2 heterocycles. The minimum Gasteiger partial charge on any atom is -0.490 e. The summed E-state index contributed by atoms with van der Waals surface area (Å²) in [6, 6.07) is 8.56. The molecule has 4 aliphatic rings. The molecule has 45 heavy (non-hydrogen) atoms. The van der Waals surface area contributed by atoms with Gasteiger partial charge >= 0.3 is 6.18 Å². The zero-order valence-electron chi connectivity index (χ0n) is 26.0. The third kappa shape index (κ3) is 5.41. The van der Waals surface area contributed by atoms with Crippen molar-refractivity contribution in [1.82, 2.24) is 20.1 Å². The highest BCUT2D eigenvalue weighted by Crippen LogP contribution is 2.51. The number of aromatic nitrogens is 3. The lowest BCUT2D eigenvalue weighted by molar-refractivity contribution is -0.138. The van der Waals surface area contributed by atoms with E-state index < -0.39 is 23.1 Å². The summed E-state index contributed by atoms with van der Waals surface area (Å²) in [6.07, 6.45) is 5.60. The van der Waals surface area contributed by atoms with Crippen LogP contribution in [0.3, 0.4) is 0 Å². The Balaban J connectivity index is 1.28. The molecule has 3 fully saturated rings. The van der Waals surface area contributed by atoms with E-state index >= 15 is 0 Å². The summed E-state index contributed by atoms with van der Waals surface area (Å²) < 4.78 is 57.4. The largest absolute Gasteiger partial charge is 0.490 e. The van der Waals surface area contributed by atoms with Gasteiger partial charge in [-0.15, -0.1) is 10.2 Å². The van der Waals surface area contributed by atoms with E-state index in [1.54, 1.807) is 25.6 Å². The maximum atomic E-state index is 14.5. The number of aryl methyl sites for hydroxylation is 1. The molecule has 7 rings (SSSR count). The van der Waals surface area contributed by atoms with Crippen molar-refractivity contribution in [2.45, 2.75) is 107 Å². The number of alkyl halides is 3. The molecule has 0 saturated heterocycles. The highest BCUT2D eigenvalue weighted by atomic mass is 19.4. The molecule has 3 saturated carbocycles. The molecular formula is C34H40F3N5O3. The molecule has 8 nitrogen and oxygen atoms in total. The maximum absolute atomic E-state index is 14.5. The van der Waals surface area contributed by atoms with Crippen molar-refractivity contribution in [3.63, 3.8) is 0 Å². The normalized spacial score (nSPS) is 24.4. The van der Waals surface area contributed by atoms with Gasteiger partial charge in [0, 0.05) is 43.6 Å². The van der Waals surface area contributed by atoms with Crippen LogP contribution in [0, 0.1) is 0 Å². The number of hydrogen-bond donors (Lipinski definition) is 1. The van der Waals surface area contributed by atoms with Gasteiger partial charge in [-0.3, -0.25) is 4.79 Å². The number of anilines is 1. The van der Waals surface area contributed by atoms with Crippen LogP contribution in [0.15, 0.2) is 36.7 Å². The molecule has 0 spiro atoms. The molecule has 1 amide bonds. The second-order valence-corrected chi connectivity index (χ2v) is 13.7. The number of rotatable bonds is 9. The quantitative estimate of drug-likeness (QED) is 0.296. The molecule has 0 radical (unpaired) electrons. The summed E-state index contributed by atoms with van der Waals surface area (Å²) in [4.78, 5) is 15.5. The third-order valence-corrected chi connectivity index (χ3v) is 10.6. The smallest absolute Gasteiger partial charge is 0.416 e. The van der Waals surface area contributed by atoms with Gasteiger partial charge in [0.25, 0.3) is 5.91 Å². The number of hydrogen-bond acceptors (Lipinski definition) is 6. The van der Waals surface area contributed by atoms with Crippen LogP contribution in [0.25, 0.3) is 0 Å². The number of carbonyl (C=O) groups excluding carboxylic acids is 1. The molecule has 1 aromatic heterocycles. The molecular weight excluding hydrogens is 583 g/mol. The lowest BCUT2D eigenvalue weighted by Gasteiger charge is -2.46. The van der Waals surface area contributed by atoms with E-state index in [1.165, 1.54) is 11.0 Å². The predicted molar refractivity (Wildman–Crippen MR) is 162 cm³/mol. The zero-order valence-corrected chi connectivity index (χ0v) is 26.0. The van der Waals surface area contributed by atoms with Crippen LogP contribution in [-0.4, -0.2) is 45.5 Å². The molecule has 240 valence electrons. The van der Waals surface area contributed by atoms with Gasteiger partial charge in [0.15, 0.2) is 0 Å². The van der Waals surface area contributed by atoms with Gasteiger partial charge in [0.1, 0.15) is 17.9 Å². The first-order chi connectivity index (χ1) is 21.5. The summed E-state index contributed by atoms with van der Waals surface area (Å²) in [7, 11) is 3.58. The van der Waals surface area contributed by atoms with Crippen molar-refractivity contribution in [2.24, 2.45) is 7.05 Å². The average Bonchev–Trinajstić information content (AvgIpc) is 3.71. The molecule has 0 unspecified atom stereocenters. The molecule has 0 bridgehead atoms. The number of nitrogens with one attached hydrogen (secondary N) is 1. The zero-order chi connectivity index (χ0) is 31.6. The molecule has 2 aromatic carbocycles. The minimum absolute atomic E-state index is 0.0147. The standard InChI is InChI=1S/C34H40F3N5O3/c1-32(9-6-10-32)38-18-21-11-27-28(29(12-21)34(35,36)37)19-42(30(27)43)23-13-22(14-25(15-23)45-24-7-4-5-8-24)33(16-26(17-33)44-3)31-40-39-20-41(31)2/h11-15,20,24,26,38H,4-10,16-19H2,1-3H3. The Morgan fingerprint density at radius 2 is 1.80 bits per heavy atom. The Labute approximate surface area is 261 Å². The first kappa shape index (κ1) is 30.2. The minimum atomic E-state index is -4.59. The monoisotopic (exact) mass is 623 g/mol. The van der Waals surface area contributed by atoms with Crippen molar-refractivity contribution in [3.05, 3.63) is 70.3 Å². The van der Waals surface area contributed by atoms with Crippen molar-refractivity contribution in [2.75, 3.05) is 12.0 Å². The van der Waals surface area contributed by atoms with E-state index in [0.717, 1.165) is 56.3 Å². The van der Waals surface area contributed by atoms with Gasteiger partial charge < -0.3 is 24.3 Å². The molecule has 1 N–H and O–H groups in total. The number of ether oxygens (including phenoxy) is 2. The van der Waals surface area contributed by atoms with Gasteiger partial charge in [-0.05, 0) is 106 Å². The predicted octanol–water partition coefficient (Wildman–Crippen LogP) is 6.44. The highest BCUT2D eigenvalue weighted by molar-refractivity contribution is 6.10. The topological polar surface area (TPSA) is 81.5 Å². The van der Waals surface area contributed by atoms with E-state index in [1.807, 2.05) is 23.7 Å². The van der Waals surface area contributed by atoms with Crippen molar-refractivity contribution < 1.29 is 27.4 Å². The Kier molecular flexibility index (Phi) is 7.47. The van der Waals surface area contributed by atoms with Crippen LogP contribution in [0.4, 0.5) is 18.9 Å². The molecule has 3 aromatic rings. The Morgan fingerprint density at radius 3 is 2.42 bits per heavy atom. The Morgan fingerprint density at radius 1 is 1.04 bits per heavy atom. The molecule has 3 aliphatic carbocycles. The average molecular weight is 624 g/mol. The molecule has 11 heteroatoms. The van der Waals surface area contributed by atoms with Crippen molar-refractivity contribution >= 4 is 11.6 Å². The summed E-state index contributed by atoms with van der Waals surface area (Å²) >= 11 is 0. The number of carbonyl (C=O) groups is 1. The summed E-state index contributed by atoms with van der Waals surface area (Å²) in [5.41, 5.74) is 0.614. The van der Waals surface area contributed by atoms with E-state index in [0.29, 0.717) is 29.8 Å². The number of methoxy groups -OCH3 is 1. The van der Waals surface area contributed by atoms with Crippen LogP contribution in [0.5, 0.6) is 5.75 Å². The fourth-order valence-electron chi connectivity index (χ4n) is 7.66. The Bertz CT molecular complexity index is 1600. The van der Waals surface area contributed by atoms with E-state index in [-0.39, 0.29) is 42.0 Å². The van der Waals surface area contributed by atoms with Crippen LogP contribution in [-0.2, 0) is 36.5 Å². The lowest BCUT2D eigenvalue weighted by atomic mass is 9.62. The van der Waals surface area contributed by atoms with Gasteiger partial charge in [-0.1, -0.05) is 0 Å². The number of halogens is 3.